The van der Waals surface area contributed by atoms with Gasteiger partial charge in [0.2, 0.25) is 0 Å². The molecular formula is C14H21NO2. The number of rotatable bonds is 1. The van der Waals surface area contributed by atoms with Gasteiger partial charge in [-0.05, 0) is 51.3 Å². The van der Waals surface area contributed by atoms with E-state index in [1.54, 1.807) is 0 Å². The van der Waals surface area contributed by atoms with Gasteiger partial charge in [0.15, 0.2) is 0 Å². The molecule has 1 heterocycles. The first-order valence-corrected chi connectivity index (χ1v) is 6.00. The van der Waals surface area contributed by atoms with Crippen LogP contribution in [0.4, 0.5) is 0 Å². The molecular weight excluding hydrogens is 214 g/mol. The lowest BCUT2D eigenvalue weighted by Crippen LogP contribution is -2.24. The van der Waals surface area contributed by atoms with E-state index in [-0.39, 0.29) is 5.60 Å². The van der Waals surface area contributed by atoms with Crippen molar-refractivity contribution in [1.29, 1.82) is 0 Å². The molecule has 1 unspecified atom stereocenters. The minimum atomic E-state index is -0.914. The third-order valence-corrected chi connectivity index (χ3v) is 3.71. The molecule has 1 aromatic carbocycles. The summed E-state index contributed by atoms with van der Waals surface area (Å²) in [5.41, 5.74) is 10.7. The fourth-order valence-electron chi connectivity index (χ4n) is 2.75. The van der Waals surface area contributed by atoms with Crippen LogP contribution in [0.2, 0.25) is 0 Å². The second-order valence-corrected chi connectivity index (χ2v) is 5.58. The Morgan fingerprint density at radius 1 is 1.18 bits per heavy atom. The third-order valence-electron chi connectivity index (χ3n) is 3.71. The number of hydrogen-bond donors (Lipinski definition) is 2. The number of hydrogen-bond acceptors (Lipinski definition) is 3. The summed E-state index contributed by atoms with van der Waals surface area (Å²) < 4.78 is 6.00. The Morgan fingerprint density at radius 3 is 2.29 bits per heavy atom. The summed E-state index contributed by atoms with van der Waals surface area (Å²) in [7, 11) is 0. The Balaban J connectivity index is 2.70. The largest absolute Gasteiger partial charge is 0.487 e. The number of ether oxygens (including phenoxy) is 1. The van der Waals surface area contributed by atoms with Crippen LogP contribution in [-0.2, 0) is 6.42 Å². The molecule has 0 saturated carbocycles. The topological polar surface area (TPSA) is 55.5 Å². The van der Waals surface area contributed by atoms with Crippen LogP contribution in [0.25, 0.3) is 0 Å². The van der Waals surface area contributed by atoms with Crippen LogP contribution >= 0.6 is 0 Å². The molecule has 1 aliphatic heterocycles. The van der Waals surface area contributed by atoms with E-state index in [4.69, 9.17) is 10.5 Å². The Morgan fingerprint density at radius 2 is 1.76 bits per heavy atom. The summed E-state index contributed by atoms with van der Waals surface area (Å²) in [6.07, 6.45) is -0.0441. The van der Waals surface area contributed by atoms with E-state index in [9.17, 15) is 5.11 Å². The minimum absolute atomic E-state index is 0.164. The Bertz CT molecular complexity index is 476. The van der Waals surface area contributed by atoms with Crippen molar-refractivity contribution in [2.24, 2.45) is 5.73 Å². The number of nitrogens with two attached hydrogens (primary N) is 1. The molecule has 0 aromatic heterocycles. The predicted octanol–water partition coefficient (Wildman–Crippen LogP) is 2.27. The first kappa shape index (κ1) is 12.4. The second-order valence-electron chi connectivity index (χ2n) is 5.58. The van der Waals surface area contributed by atoms with E-state index < -0.39 is 6.23 Å². The lowest BCUT2D eigenvalue weighted by molar-refractivity contribution is 0.137. The summed E-state index contributed by atoms with van der Waals surface area (Å²) in [6.45, 7) is 10.2. The zero-order chi connectivity index (χ0) is 13.0. The Labute approximate surface area is 103 Å². The van der Waals surface area contributed by atoms with Gasteiger partial charge in [0, 0.05) is 17.5 Å². The molecule has 0 radical (unpaired) electrons. The molecule has 3 nitrogen and oxygen atoms in total. The normalized spacial score (nSPS) is 18.8. The van der Waals surface area contributed by atoms with Gasteiger partial charge in [-0.1, -0.05) is 0 Å². The van der Waals surface area contributed by atoms with Crippen molar-refractivity contribution in [3.63, 3.8) is 0 Å². The third kappa shape index (κ3) is 1.83. The molecule has 17 heavy (non-hydrogen) atoms. The van der Waals surface area contributed by atoms with Gasteiger partial charge in [-0.3, -0.25) is 0 Å². The fourth-order valence-corrected chi connectivity index (χ4v) is 2.75. The van der Waals surface area contributed by atoms with E-state index in [0.717, 1.165) is 34.4 Å². The van der Waals surface area contributed by atoms with Crippen molar-refractivity contribution in [1.82, 2.24) is 0 Å². The smallest absolute Gasteiger partial charge is 0.129 e. The van der Waals surface area contributed by atoms with Crippen molar-refractivity contribution in [2.45, 2.75) is 52.9 Å². The van der Waals surface area contributed by atoms with Crippen LogP contribution in [0.1, 0.15) is 47.9 Å². The first-order valence-electron chi connectivity index (χ1n) is 6.00. The van der Waals surface area contributed by atoms with Crippen molar-refractivity contribution in [2.75, 3.05) is 0 Å². The maximum absolute atomic E-state index is 9.71. The molecule has 0 fully saturated rings. The number of fused-ring (bicyclic) bond motifs is 1. The lowest BCUT2D eigenvalue weighted by atomic mass is 9.89. The molecule has 2 rings (SSSR count). The standard InChI is InChI=1S/C14H21NO2/c1-7-8(2)12-10(6-14(4,5)17-12)9(3)11(7)13(15)16/h13,16H,6,15H2,1-5H3. The summed E-state index contributed by atoms with van der Waals surface area (Å²) in [6, 6.07) is 0. The van der Waals surface area contributed by atoms with Crippen molar-refractivity contribution < 1.29 is 9.84 Å². The van der Waals surface area contributed by atoms with E-state index in [2.05, 4.69) is 13.8 Å². The predicted molar refractivity (Wildman–Crippen MR) is 68.2 cm³/mol. The Kier molecular flexibility index (Phi) is 2.71. The summed E-state index contributed by atoms with van der Waals surface area (Å²) in [5, 5.41) is 9.71. The average molecular weight is 235 g/mol. The van der Waals surface area contributed by atoms with Gasteiger partial charge < -0.3 is 15.6 Å². The van der Waals surface area contributed by atoms with Crippen LogP contribution in [0.3, 0.4) is 0 Å². The van der Waals surface area contributed by atoms with E-state index in [1.807, 2.05) is 20.8 Å². The highest BCUT2D eigenvalue weighted by molar-refractivity contribution is 5.57. The van der Waals surface area contributed by atoms with Gasteiger partial charge in [0.1, 0.15) is 17.6 Å². The molecule has 0 spiro atoms. The van der Waals surface area contributed by atoms with Gasteiger partial charge in [-0.25, -0.2) is 0 Å². The van der Waals surface area contributed by atoms with Crippen LogP contribution in [0.5, 0.6) is 5.75 Å². The minimum Gasteiger partial charge on any atom is -0.487 e. The van der Waals surface area contributed by atoms with Gasteiger partial charge in [-0.15, -0.1) is 0 Å². The molecule has 1 atom stereocenters. The number of aliphatic hydroxyl groups is 1. The maximum atomic E-state index is 9.71. The summed E-state index contributed by atoms with van der Waals surface area (Å²) in [4.78, 5) is 0. The van der Waals surface area contributed by atoms with Crippen LogP contribution in [0, 0.1) is 20.8 Å². The molecule has 1 aliphatic rings. The van der Waals surface area contributed by atoms with Crippen LogP contribution in [0.15, 0.2) is 0 Å². The van der Waals surface area contributed by atoms with Gasteiger partial charge in [0.25, 0.3) is 0 Å². The molecule has 0 bridgehead atoms. The van der Waals surface area contributed by atoms with Crippen molar-refractivity contribution in [3.05, 3.63) is 27.8 Å². The summed E-state index contributed by atoms with van der Waals surface area (Å²) in [5.74, 6) is 0.981. The monoisotopic (exact) mass is 235 g/mol. The zero-order valence-electron chi connectivity index (χ0n) is 11.2. The lowest BCUT2D eigenvalue weighted by Gasteiger charge is -2.19. The van der Waals surface area contributed by atoms with E-state index in [0.29, 0.717) is 0 Å². The average Bonchev–Trinajstić information content (AvgIpc) is 2.51. The molecule has 0 aliphatic carbocycles. The highest BCUT2D eigenvalue weighted by Crippen LogP contribution is 2.43. The highest BCUT2D eigenvalue weighted by Gasteiger charge is 2.34. The van der Waals surface area contributed by atoms with Crippen molar-refractivity contribution >= 4 is 0 Å². The number of aliphatic hydroxyl groups excluding tert-OH is 1. The molecule has 0 saturated heterocycles. The van der Waals surface area contributed by atoms with Crippen LogP contribution in [-0.4, -0.2) is 10.7 Å². The molecule has 0 amide bonds. The van der Waals surface area contributed by atoms with E-state index in [1.165, 1.54) is 5.56 Å². The van der Waals surface area contributed by atoms with Crippen molar-refractivity contribution in [3.8, 4) is 5.75 Å². The van der Waals surface area contributed by atoms with Gasteiger partial charge in [-0.2, -0.15) is 0 Å². The SMILES string of the molecule is Cc1c(C)c(C(N)O)c(C)c2c1OC(C)(C)C2. The Hall–Kier alpha value is -1.06. The molecule has 3 heteroatoms. The molecule has 1 aromatic rings. The van der Waals surface area contributed by atoms with Crippen LogP contribution < -0.4 is 10.5 Å². The fraction of sp³-hybridized carbons (Fsp3) is 0.571. The van der Waals surface area contributed by atoms with Gasteiger partial charge >= 0.3 is 0 Å². The quantitative estimate of drug-likeness (QED) is 0.734. The highest BCUT2D eigenvalue weighted by atomic mass is 16.5. The molecule has 94 valence electrons. The van der Waals surface area contributed by atoms with E-state index >= 15 is 0 Å². The summed E-state index contributed by atoms with van der Waals surface area (Å²) >= 11 is 0. The number of benzene rings is 1. The zero-order valence-corrected chi connectivity index (χ0v) is 11.2. The second kappa shape index (κ2) is 3.72. The first-order chi connectivity index (χ1) is 7.74. The molecule has 3 N–H and O–H groups in total. The maximum Gasteiger partial charge on any atom is 0.129 e. The van der Waals surface area contributed by atoms with Gasteiger partial charge in [0.05, 0.1) is 0 Å².